The first-order valence-corrected chi connectivity index (χ1v) is 6.69. The quantitative estimate of drug-likeness (QED) is 0.821. The van der Waals surface area contributed by atoms with E-state index in [1.807, 2.05) is 30.3 Å². The van der Waals surface area contributed by atoms with Gasteiger partial charge in [-0.3, -0.25) is 0 Å². The van der Waals surface area contributed by atoms with Gasteiger partial charge in [-0.25, -0.2) is 0 Å². The van der Waals surface area contributed by atoms with Gasteiger partial charge in [0.15, 0.2) is 5.82 Å². The normalized spacial score (nSPS) is 12.6. The van der Waals surface area contributed by atoms with Crippen LogP contribution in [-0.2, 0) is 5.75 Å². The van der Waals surface area contributed by atoms with Gasteiger partial charge in [-0.1, -0.05) is 23.4 Å². The molecule has 6 heteroatoms. The Hall–Kier alpha value is -1.37. The molecule has 5 nitrogen and oxygen atoms in total. The van der Waals surface area contributed by atoms with Crippen LogP contribution < -0.4 is 0 Å². The van der Waals surface area contributed by atoms with Gasteiger partial charge >= 0.3 is 0 Å². The van der Waals surface area contributed by atoms with Crippen molar-refractivity contribution in [1.82, 2.24) is 10.1 Å². The Bertz CT molecular complexity index is 475. The predicted molar refractivity (Wildman–Crippen MR) is 69.0 cm³/mol. The first-order valence-electron chi connectivity index (χ1n) is 5.54. The van der Waals surface area contributed by atoms with E-state index in [1.165, 1.54) is 11.8 Å². The van der Waals surface area contributed by atoms with Crippen molar-refractivity contribution in [1.29, 1.82) is 0 Å². The van der Waals surface area contributed by atoms with Crippen LogP contribution in [0, 0.1) is 0 Å². The average molecular weight is 266 g/mol. The van der Waals surface area contributed by atoms with Crippen molar-refractivity contribution in [3.8, 4) is 11.5 Å². The van der Waals surface area contributed by atoms with Crippen LogP contribution >= 0.6 is 11.8 Å². The molecule has 0 aliphatic heterocycles. The number of aromatic nitrogens is 2. The number of aliphatic hydroxyl groups excluding tert-OH is 2. The molecular formula is C12H14N2O3S. The lowest BCUT2D eigenvalue weighted by atomic mass is 10.2. The third-order valence-corrected chi connectivity index (χ3v) is 3.32. The minimum Gasteiger partial charge on any atom is -0.394 e. The molecule has 1 unspecified atom stereocenters. The van der Waals surface area contributed by atoms with Gasteiger partial charge < -0.3 is 14.7 Å². The second-order valence-electron chi connectivity index (χ2n) is 3.73. The van der Waals surface area contributed by atoms with Gasteiger partial charge in [0.1, 0.15) is 0 Å². The van der Waals surface area contributed by atoms with Gasteiger partial charge in [0.25, 0.3) is 5.89 Å². The van der Waals surface area contributed by atoms with Gasteiger partial charge in [0, 0.05) is 11.3 Å². The van der Waals surface area contributed by atoms with Crippen molar-refractivity contribution < 1.29 is 14.7 Å². The largest absolute Gasteiger partial charge is 0.394 e. The number of thioether (sulfide) groups is 1. The maximum Gasteiger partial charge on any atom is 0.257 e. The van der Waals surface area contributed by atoms with Gasteiger partial charge in [0.2, 0.25) is 0 Å². The predicted octanol–water partition coefficient (Wildman–Crippen LogP) is 1.32. The summed E-state index contributed by atoms with van der Waals surface area (Å²) in [4.78, 5) is 4.26. The second-order valence-corrected chi connectivity index (χ2v) is 4.76. The number of hydrogen-bond donors (Lipinski definition) is 2. The molecule has 2 rings (SSSR count). The minimum atomic E-state index is -0.699. The van der Waals surface area contributed by atoms with Crippen molar-refractivity contribution in [3.05, 3.63) is 36.2 Å². The molecule has 0 saturated carbocycles. The van der Waals surface area contributed by atoms with E-state index in [2.05, 4.69) is 10.1 Å². The highest BCUT2D eigenvalue weighted by Gasteiger charge is 2.09. The molecule has 2 aromatic rings. The number of benzene rings is 1. The monoisotopic (exact) mass is 266 g/mol. The number of aliphatic hydroxyl groups is 2. The fourth-order valence-corrected chi connectivity index (χ4v) is 2.14. The Morgan fingerprint density at radius 1 is 1.28 bits per heavy atom. The molecule has 0 aliphatic rings. The summed E-state index contributed by atoms with van der Waals surface area (Å²) in [7, 11) is 0. The lowest BCUT2D eigenvalue weighted by Crippen LogP contribution is -2.14. The van der Waals surface area contributed by atoms with Crippen LogP contribution in [0.4, 0.5) is 0 Å². The molecule has 0 saturated heterocycles. The van der Waals surface area contributed by atoms with Crippen molar-refractivity contribution in [3.63, 3.8) is 0 Å². The van der Waals surface area contributed by atoms with Crippen molar-refractivity contribution in [2.24, 2.45) is 0 Å². The van der Waals surface area contributed by atoms with E-state index >= 15 is 0 Å². The topological polar surface area (TPSA) is 79.4 Å². The summed E-state index contributed by atoms with van der Waals surface area (Å²) in [6.07, 6.45) is -0.699. The highest BCUT2D eigenvalue weighted by Crippen LogP contribution is 2.18. The van der Waals surface area contributed by atoms with Crippen LogP contribution in [-0.4, -0.2) is 38.8 Å². The summed E-state index contributed by atoms with van der Waals surface area (Å²) in [5.74, 6) is 2.08. The smallest absolute Gasteiger partial charge is 0.257 e. The number of rotatable bonds is 6. The molecule has 0 radical (unpaired) electrons. The molecule has 0 spiro atoms. The molecule has 1 atom stereocenters. The van der Waals surface area contributed by atoms with E-state index in [-0.39, 0.29) is 6.61 Å². The Balaban J connectivity index is 1.91. The van der Waals surface area contributed by atoms with E-state index in [1.54, 1.807) is 0 Å². The Labute approximate surface area is 109 Å². The van der Waals surface area contributed by atoms with Crippen LogP contribution in [0.25, 0.3) is 11.5 Å². The highest BCUT2D eigenvalue weighted by molar-refractivity contribution is 7.98. The zero-order valence-electron chi connectivity index (χ0n) is 9.69. The van der Waals surface area contributed by atoms with E-state index < -0.39 is 6.10 Å². The van der Waals surface area contributed by atoms with Crippen LogP contribution in [0.5, 0.6) is 0 Å². The Morgan fingerprint density at radius 2 is 2.06 bits per heavy atom. The molecule has 0 amide bonds. The van der Waals surface area contributed by atoms with Gasteiger partial charge in [-0.15, -0.1) is 0 Å². The van der Waals surface area contributed by atoms with Crippen LogP contribution in [0.3, 0.4) is 0 Å². The highest BCUT2D eigenvalue weighted by atomic mass is 32.2. The summed E-state index contributed by atoms with van der Waals surface area (Å²) < 4.78 is 5.15. The summed E-state index contributed by atoms with van der Waals surface area (Å²) in [6, 6.07) is 9.55. The molecule has 0 bridgehead atoms. The van der Waals surface area contributed by atoms with Gasteiger partial charge in [-0.2, -0.15) is 16.7 Å². The zero-order valence-corrected chi connectivity index (χ0v) is 10.5. The molecule has 96 valence electrons. The molecule has 0 aliphatic carbocycles. The maximum atomic E-state index is 9.18. The molecule has 2 N–H and O–H groups in total. The van der Waals surface area contributed by atoms with E-state index in [0.29, 0.717) is 23.2 Å². The van der Waals surface area contributed by atoms with E-state index in [4.69, 9.17) is 9.63 Å². The van der Waals surface area contributed by atoms with Crippen LogP contribution in [0.2, 0.25) is 0 Å². The van der Waals surface area contributed by atoms with Crippen LogP contribution in [0.1, 0.15) is 5.82 Å². The summed E-state index contributed by atoms with van der Waals surface area (Å²) in [5.41, 5.74) is 0.886. The Kier molecular flexibility index (Phi) is 4.74. The maximum absolute atomic E-state index is 9.18. The summed E-state index contributed by atoms with van der Waals surface area (Å²) in [5, 5.41) is 21.7. The number of hydrogen-bond acceptors (Lipinski definition) is 6. The van der Waals surface area contributed by atoms with Gasteiger partial charge in [0.05, 0.1) is 18.5 Å². The van der Waals surface area contributed by atoms with E-state index in [0.717, 1.165) is 5.56 Å². The third kappa shape index (κ3) is 3.56. The molecule has 0 fully saturated rings. The summed E-state index contributed by atoms with van der Waals surface area (Å²) in [6.45, 7) is -0.228. The average Bonchev–Trinajstić information content (AvgIpc) is 2.88. The van der Waals surface area contributed by atoms with Crippen LogP contribution in [0.15, 0.2) is 34.9 Å². The Morgan fingerprint density at radius 3 is 2.78 bits per heavy atom. The first-order chi connectivity index (χ1) is 8.79. The van der Waals surface area contributed by atoms with E-state index in [9.17, 15) is 5.11 Å². The fourth-order valence-electron chi connectivity index (χ4n) is 1.35. The molecule has 1 heterocycles. The van der Waals surface area contributed by atoms with Crippen molar-refractivity contribution in [2.45, 2.75) is 11.9 Å². The molecule has 1 aromatic heterocycles. The molecule has 18 heavy (non-hydrogen) atoms. The molecular weight excluding hydrogens is 252 g/mol. The van der Waals surface area contributed by atoms with Crippen molar-refractivity contribution in [2.75, 3.05) is 12.4 Å². The number of nitrogens with zero attached hydrogens (tertiary/aromatic N) is 2. The summed E-state index contributed by atoms with van der Waals surface area (Å²) >= 11 is 1.45. The zero-order chi connectivity index (χ0) is 12.8. The second kappa shape index (κ2) is 6.53. The first kappa shape index (κ1) is 13.1. The SMILES string of the molecule is OCC(O)CSCc1noc(-c2ccccc2)n1. The fraction of sp³-hybridized carbons (Fsp3) is 0.333. The lowest BCUT2D eigenvalue weighted by molar-refractivity contribution is 0.113. The van der Waals surface area contributed by atoms with Crippen molar-refractivity contribution >= 4 is 11.8 Å². The minimum absolute atomic E-state index is 0.228. The standard InChI is InChI=1S/C12H14N2O3S/c15-6-10(16)7-18-8-11-13-12(17-14-11)9-4-2-1-3-5-9/h1-5,10,15-16H,6-8H2. The third-order valence-electron chi connectivity index (χ3n) is 2.24. The molecule has 1 aromatic carbocycles. The van der Waals surface area contributed by atoms with Gasteiger partial charge in [-0.05, 0) is 12.1 Å². The lowest BCUT2D eigenvalue weighted by Gasteiger charge is -2.03.